The molecule has 1 heterocycles. The molecule has 1 N–H and O–H groups in total. The van der Waals surface area contributed by atoms with Gasteiger partial charge in [-0.25, -0.2) is 0 Å². The van der Waals surface area contributed by atoms with Crippen LogP contribution in [0.3, 0.4) is 0 Å². The van der Waals surface area contributed by atoms with Crippen LogP contribution >= 0.6 is 23.8 Å². The Kier molecular flexibility index (Phi) is 8.58. The van der Waals surface area contributed by atoms with Crippen molar-refractivity contribution in [2.24, 2.45) is 0 Å². The maximum Gasteiger partial charge on any atom is 0.270 e. The van der Waals surface area contributed by atoms with Crippen molar-refractivity contribution in [1.82, 2.24) is 5.32 Å². The van der Waals surface area contributed by atoms with Crippen LogP contribution < -0.4 is 19.7 Å². The lowest BCUT2D eigenvalue weighted by Crippen LogP contribution is -2.54. The fourth-order valence-corrected chi connectivity index (χ4v) is 4.48. The number of amides is 2. The van der Waals surface area contributed by atoms with Gasteiger partial charge in [0, 0.05) is 12.1 Å². The zero-order valence-electron chi connectivity index (χ0n) is 21.1. The van der Waals surface area contributed by atoms with E-state index in [1.807, 2.05) is 19.1 Å². The number of hydrogen-bond donors (Lipinski definition) is 1. The van der Waals surface area contributed by atoms with E-state index < -0.39 is 16.7 Å². The van der Waals surface area contributed by atoms with Gasteiger partial charge in [0.25, 0.3) is 17.5 Å². The second-order valence-corrected chi connectivity index (χ2v) is 9.25. The van der Waals surface area contributed by atoms with Crippen molar-refractivity contribution in [2.45, 2.75) is 26.9 Å². The Hall–Kier alpha value is -4.28. The van der Waals surface area contributed by atoms with Crippen molar-refractivity contribution in [3.63, 3.8) is 0 Å². The topological polar surface area (TPSA) is 111 Å². The summed E-state index contributed by atoms with van der Waals surface area (Å²) in [6.07, 6.45) is 2.25. The molecule has 0 atom stereocenters. The molecule has 1 saturated heterocycles. The fraction of sp³-hybridized carbons (Fsp3) is 0.179. The van der Waals surface area contributed by atoms with Crippen molar-refractivity contribution in [2.75, 3.05) is 11.5 Å². The Bertz CT molecular complexity index is 1490. The first-order chi connectivity index (χ1) is 18.7. The average Bonchev–Trinajstić information content (AvgIpc) is 2.91. The monoisotopic (exact) mass is 565 g/mol. The minimum absolute atomic E-state index is 0.00598. The number of hydrogen-bond acceptors (Lipinski definition) is 7. The smallest absolute Gasteiger partial charge is 0.270 e. The minimum atomic E-state index is -0.633. The van der Waals surface area contributed by atoms with Crippen LogP contribution in [0.5, 0.6) is 11.5 Å². The fourth-order valence-electron chi connectivity index (χ4n) is 3.93. The van der Waals surface area contributed by atoms with Crippen LogP contribution in [0.25, 0.3) is 6.08 Å². The summed E-state index contributed by atoms with van der Waals surface area (Å²) < 4.78 is 11.6. The van der Waals surface area contributed by atoms with E-state index in [9.17, 15) is 19.7 Å². The molecule has 9 nitrogen and oxygen atoms in total. The Morgan fingerprint density at radius 1 is 1.05 bits per heavy atom. The summed E-state index contributed by atoms with van der Waals surface area (Å²) in [6, 6.07) is 16.5. The number of ether oxygens (including phenoxy) is 2. The van der Waals surface area contributed by atoms with Gasteiger partial charge in [0.1, 0.15) is 12.2 Å². The first-order valence-corrected chi connectivity index (χ1v) is 12.8. The molecule has 0 unspecified atom stereocenters. The number of benzene rings is 3. The van der Waals surface area contributed by atoms with Gasteiger partial charge < -0.3 is 9.47 Å². The highest BCUT2D eigenvalue weighted by atomic mass is 35.5. The van der Waals surface area contributed by atoms with Gasteiger partial charge in [0.05, 0.1) is 22.2 Å². The number of nitro benzene ring substituents is 1. The number of halogens is 1. The minimum Gasteiger partial charge on any atom is -0.490 e. The first-order valence-electron chi connectivity index (χ1n) is 12.0. The highest BCUT2D eigenvalue weighted by Gasteiger charge is 2.34. The lowest BCUT2D eigenvalue weighted by molar-refractivity contribution is -0.384. The summed E-state index contributed by atoms with van der Waals surface area (Å²) in [5, 5.41) is 13.8. The van der Waals surface area contributed by atoms with Gasteiger partial charge in [0.2, 0.25) is 0 Å². The quantitative estimate of drug-likeness (QED) is 0.118. The standard InChI is InChI=1S/C28H24ClN3O6S/c1-3-17-8-10-20(11-9-17)31-27(34)22(26(33)30-28(31)39)13-19-14-23(29)25(24(15-19)37-4-2)38-16-18-6-5-7-21(12-18)32(35)36/h5-15H,3-4,16H2,1-2H3,(H,30,33,39)/b22-13+. The molecule has 3 aromatic rings. The summed E-state index contributed by atoms with van der Waals surface area (Å²) in [5.41, 5.74) is 2.44. The predicted octanol–water partition coefficient (Wildman–Crippen LogP) is 5.62. The average molecular weight is 566 g/mol. The molecule has 3 aromatic carbocycles. The van der Waals surface area contributed by atoms with Crippen molar-refractivity contribution in [3.05, 3.63) is 98.1 Å². The number of carbonyl (C=O) groups excluding carboxylic acids is 2. The summed E-state index contributed by atoms with van der Waals surface area (Å²) >= 11 is 11.8. The number of carbonyl (C=O) groups is 2. The van der Waals surface area contributed by atoms with E-state index in [0.29, 0.717) is 23.4 Å². The molecule has 200 valence electrons. The number of rotatable bonds is 9. The van der Waals surface area contributed by atoms with Crippen molar-refractivity contribution in [1.29, 1.82) is 0 Å². The lowest BCUT2D eigenvalue weighted by atomic mass is 10.1. The molecule has 0 bridgehead atoms. The SMILES string of the molecule is CCOc1cc(/C=C2\C(=O)NC(=S)N(c3ccc(CC)cc3)C2=O)cc(Cl)c1OCc1cccc([N+](=O)[O-])c1. The van der Waals surface area contributed by atoms with E-state index in [1.165, 1.54) is 29.2 Å². The molecule has 2 amide bonds. The Labute approximate surface area is 235 Å². The van der Waals surface area contributed by atoms with Crippen LogP contribution in [-0.2, 0) is 22.6 Å². The molecule has 0 saturated carbocycles. The number of nitrogens with zero attached hydrogens (tertiary/aromatic N) is 2. The van der Waals surface area contributed by atoms with Crippen LogP contribution in [0.1, 0.15) is 30.5 Å². The highest BCUT2D eigenvalue weighted by molar-refractivity contribution is 7.80. The Morgan fingerprint density at radius 2 is 1.79 bits per heavy atom. The van der Waals surface area contributed by atoms with E-state index in [2.05, 4.69) is 5.32 Å². The third-order valence-corrected chi connectivity index (χ3v) is 6.42. The molecule has 1 aliphatic rings. The lowest BCUT2D eigenvalue weighted by Gasteiger charge is -2.29. The Morgan fingerprint density at radius 3 is 2.46 bits per heavy atom. The molecular formula is C28H24ClN3O6S. The van der Waals surface area contributed by atoms with Crippen LogP contribution in [0.15, 0.2) is 66.2 Å². The zero-order valence-corrected chi connectivity index (χ0v) is 22.7. The summed E-state index contributed by atoms with van der Waals surface area (Å²) in [7, 11) is 0. The molecule has 0 spiro atoms. The van der Waals surface area contributed by atoms with Gasteiger partial charge in [-0.15, -0.1) is 0 Å². The van der Waals surface area contributed by atoms with E-state index in [0.717, 1.165) is 12.0 Å². The second kappa shape index (κ2) is 12.1. The third-order valence-electron chi connectivity index (χ3n) is 5.85. The van der Waals surface area contributed by atoms with Crippen LogP contribution in [0.2, 0.25) is 5.02 Å². The van der Waals surface area contributed by atoms with Crippen LogP contribution in [-0.4, -0.2) is 28.5 Å². The van der Waals surface area contributed by atoms with E-state index >= 15 is 0 Å². The maximum absolute atomic E-state index is 13.4. The second-order valence-electron chi connectivity index (χ2n) is 8.46. The van der Waals surface area contributed by atoms with Crippen LogP contribution in [0, 0.1) is 10.1 Å². The number of anilines is 1. The number of aryl methyl sites for hydroxylation is 1. The molecule has 0 aliphatic carbocycles. The van der Waals surface area contributed by atoms with Gasteiger partial charge in [-0.1, -0.05) is 42.8 Å². The number of nitrogens with one attached hydrogen (secondary N) is 1. The van der Waals surface area contributed by atoms with Gasteiger partial charge in [-0.05, 0) is 72.6 Å². The molecule has 4 rings (SSSR count). The van der Waals surface area contributed by atoms with Gasteiger partial charge in [-0.2, -0.15) is 0 Å². The third kappa shape index (κ3) is 6.24. The van der Waals surface area contributed by atoms with E-state index in [-0.39, 0.29) is 39.5 Å². The molecular weight excluding hydrogens is 542 g/mol. The normalized spacial score (nSPS) is 14.4. The first kappa shape index (κ1) is 27.7. The zero-order chi connectivity index (χ0) is 28.1. The van der Waals surface area contributed by atoms with Crippen molar-refractivity contribution < 1.29 is 24.0 Å². The van der Waals surface area contributed by atoms with E-state index in [1.54, 1.807) is 37.3 Å². The summed E-state index contributed by atoms with van der Waals surface area (Å²) in [6.45, 7) is 4.10. The van der Waals surface area contributed by atoms with Gasteiger partial charge in [0.15, 0.2) is 16.6 Å². The molecule has 1 fully saturated rings. The number of nitro groups is 1. The highest BCUT2D eigenvalue weighted by Crippen LogP contribution is 2.38. The Balaban J connectivity index is 1.64. The van der Waals surface area contributed by atoms with Gasteiger partial charge >= 0.3 is 0 Å². The largest absolute Gasteiger partial charge is 0.490 e. The molecule has 11 heteroatoms. The molecule has 1 aliphatic heterocycles. The van der Waals surface area contributed by atoms with Crippen LogP contribution in [0.4, 0.5) is 11.4 Å². The molecule has 0 radical (unpaired) electrons. The number of non-ortho nitro benzene ring substituents is 1. The number of thiocarbonyl (C=S) groups is 1. The van der Waals surface area contributed by atoms with E-state index in [4.69, 9.17) is 33.3 Å². The summed E-state index contributed by atoms with van der Waals surface area (Å²) in [5.74, 6) is -0.696. The van der Waals surface area contributed by atoms with Crippen molar-refractivity contribution in [3.8, 4) is 11.5 Å². The summed E-state index contributed by atoms with van der Waals surface area (Å²) in [4.78, 5) is 38.0. The molecule has 0 aromatic heterocycles. The predicted molar refractivity (Wildman–Crippen MR) is 152 cm³/mol. The molecule has 39 heavy (non-hydrogen) atoms. The van der Waals surface area contributed by atoms with Gasteiger partial charge in [-0.3, -0.25) is 29.9 Å². The maximum atomic E-state index is 13.4. The van der Waals surface area contributed by atoms with Crippen molar-refractivity contribution >= 4 is 58.2 Å².